The van der Waals surface area contributed by atoms with Gasteiger partial charge in [0.25, 0.3) is 0 Å². The number of carbonyl (C=O) groups is 2. The normalized spacial score (nSPS) is 15.3. The zero-order valence-electron chi connectivity index (χ0n) is 14.3. The maximum atomic E-state index is 12.5. The highest BCUT2D eigenvalue weighted by atomic mass is 35.5. The first-order valence-electron chi connectivity index (χ1n) is 8.15. The van der Waals surface area contributed by atoms with E-state index in [2.05, 4.69) is 0 Å². The largest absolute Gasteiger partial charge is 0.479 e. The highest BCUT2D eigenvalue weighted by Crippen LogP contribution is 2.35. The fraction of sp³-hybridized carbons (Fsp3) is 0.200. The molecule has 0 amide bonds. The van der Waals surface area contributed by atoms with E-state index in [4.69, 9.17) is 25.8 Å². The van der Waals surface area contributed by atoms with Crippen molar-refractivity contribution < 1.29 is 23.8 Å². The van der Waals surface area contributed by atoms with Crippen LogP contribution in [0.3, 0.4) is 0 Å². The van der Waals surface area contributed by atoms with Gasteiger partial charge in [-0.05, 0) is 49.8 Å². The van der Waals surface area contributed by atoms with Gasteiger partial charge in [0.1, 0.15) is 11.5 Å². The summed E-state index contributed by atoms with van der Waals surface area (Å²) in [6, 6.07) is 11.9. The molecule has 1 aliphatic heterocycles. The van der Waals surface area contributed by atoms with E-state index in [1.807, 2.05) is 6.07 Å². The molecule has 0 radical (unpaired) electrons. The Morgan fingerprint density at radius 3 is 2.81 bits per heavy atom. The van der Waals surface area contributed by atoms with Gasteiger partial charge in [-0.3, -0.25) is 4.79 Å². The van der Waals surface area contributed by atoms with Crippen LogP contribution in [0.25, 0.3) is 6.08 Å². The summed E-state index contributed by atoms with van der Waals surface area (Å²) in [5, 5.41) is 0.575. The molecule has 0 aromatic heterocycles. The fourth-order valence-corrected chi connectivity index (χ4v) is 2.70. The van der Waals surface area contributed by atoms with Crippen LogP contribution in [0.2, 0.25) is 5.02 Å². The number of hydrogen-bond donors (Lipinski definition) is 0. The van der Waals surface area contributed by atoms with Crippen LogP contribution in [0.15, 0.2) is 48.2 Å². The first kappa shape index (κ1) is 18.0. The molecule has 5 nitrogen and oxygen atoms in total. The van der Waals surface area contributed by atoms with Gasteiger partial charge in [-0.2, -0.15) is 0 Å². The summed E-state index contributed by atoms with van der Waals surface area (Å²) in [5.41, 5.74) is 1.20. The van der Waals surface area contributed by atoms with Gasteiger partial charge in [0.2, 0.25) is 5.78 Å². The van der Waals surface area contributed by atoms with Gasteiger partial charge in [-0.1, -0.05) is 23.7 Å². The lowest BCUT2D eigenvalue weighted by atomic mass is 10.1. The third-order valence-electron chi connectivity index (χ3n) is 3.72. The lowest BCUT2D eigenvalue weighted by Crippen LogP contribution is -2.26. The number of fused-ring (bicyclic) bond motifs is 1. The first-order valence-corrected chi connectivity index (χ1v) is 8.53. The Hall–Kier alpha value is -2.79. The van der Waals surface area contributed by atoms with Gasteiger partial charge < -0.3 is 14.2 Å². The number of carbonyl (C=O) groups excluding carboxylic acids is 2. The zero-order chi connectivity index (χ0) is 18.7. The van der Waals surface area contributed by atoms with Crippen molar-refractivity contribution in [2.75, 3.05) is 6.61 Å². The van der Waals surface area contributed by atoms with E-state index in [9.17, 15) is 9.59 Å². The topological polar surface area (TPSA) is 61.8 Å². The molecule has 0 spiro atoms. The van der Waals surface area contributed by atoms with E-state index in [1.54, 1.807) is 56.3 Å². The summed E-state index contributed by atoms with van der Waals surface area (Å²) in [7, 11) is 0. The number of esters is 1. The van der Waals surface area contributed by atoms with Crippen LogP contribution in [0, 0.1) is 0 Å². The van der Waals surface area contributed by atoms with Gasteiger partial charge in [-0.15, -0.1) is 0 Å². The second kappa shape index (κ2) is 7.62. The maximum absolute atomic E-state index is 12.5. The smallest absolute Gasteiger partial charge is 0.347 e. The van der Waals surface area contributed by atoms with Crippen LogP contribution in [0.1, 0.15) is 29.8 Å². The Kier molecular flexibility index (Phi) is 5.28. The summed E-state index contributed by atoms with van der Waals surface area (Å²) in [6.07, 6.45) is 0.877. The third-order valence-corrected chi connectivity index (χ3v) is 3.95. The molecule has 1 atom stereocenters. The van der Waals surface area contributed by atoms with Crippen LogP contribution in [-0.2, 0) is 9.53 Å². The molecule has 2 aromatic carbocycles. The van der Waals surface area contributed by atoms with Crippen molar-refractivity contribution in [3.63, 3.8) is 0 Å². The van der Waals surface area contributed by atoms with Crippen molar-refractivity contribution in [2.24, 2.45) is 0 Å². The van der Waals surface area contributed by atoms with E-state index in [1.165, 1.54) is 0 Å². The molecular weight excluding hydrogens is 356 g/mol. The van der Waals surface area contributed by atoms with Crippen molar-refractivity contribution in [2.45, 2.75) is 20.0 Å². The minimum Gasteiger partial charge on any atom is -0.479 e. The van der Waals surface area contributed by atoms with Crippen LogP contribution < -0.4 is 9.47 Å². The van der Waals surface area contributed by atoms with E-state index < -0.39 is 12.1 Å². The summed E-state index contributed by atoms with van der Waals surface area (Å²) in [5.74, 6) is 0.340. The number of rotatable bonds is 5. The Bertz CT molecular complexity index is 888. The average Bonchev–Trinajstić information content (AvgIpc) is 2.90. The lowest BCUT2D eigenvalue weighted by molar-refractivity contribution is -0.150. The Balaban J connectivity index is 1.79. The molecule has 26 heavy (non-hydrogen) atoms. The van der Waals surface area contributed by atoms with Crippen molar-refractivity contribution in [1.82, 2.24) is 0 Å². The van der Waals surface area contributed by atoms with Crippen LogP contribution >= 0.6 is 11.6 Å². The van der Waals surface area contributed by atoms with Crippen molar-refractivity contribution in [3.05, 3.63) is 64.4 Å². The quantitative estimate of drug-likeness (QED) is 0.579. The molecule has 134 valence electrons. The molecule has 1 aliphatic rings. The molecule has 2 aromatic rings. The fourth-order valence-electron chi connectivity index (χ4n) is 2.50. The number of halogens is 1. The molecule has 0 N–H and O–H groups in total. The highest BCUT2D eigenvalue weighted by molar-refractivity contribution is 6.30. The molecule has 6 heteroatoms. The monoisotopic (exact) mass is 372 g/mol. The second-order valence-electron chi connectivity index (χ2n) is 5.66. The predicted octanol–water partition coefficient (Wildman–Crippen LogP) is 4.29. The van der Waals surface area contributed by atoms with Crippen LogP contribution in [0.4, 0.5) is 0 Å². The lowest BCUT2D eigenvalue weighted by Gasteiger charge is -2.13. The molecule has 1 heterocycles. The van der Waals surface area contributed by atoms with Gasteiger partial charge in [0.15, 0.2) is 11.9 Å². The molecule has 0 unspecified atom stereocenters. The first-order chi connectivity index (χ1) is 12.5. The number of hydrogen-bond acceptors (Lipinski definition) is 5. The van der Waals surface area contributed by atoms with Crippen molar-refractivity contribution in [3.8, 4) is 11.5 Å². The number of Topliss-reactive ketones (excluding diaryl/α,β-unsaturated/α-hetero) is 1. The van der Waals surface area contributed by atoms with E-state index in [-0.39, 0.29) is 18.1 Å². The third kappa shape index (κ3) is 3.89. The second-order valence-corrected chi connectivity index (χ2v) is 6.10. The van der Waals surface area contributed by atoms with Gasteiger partial charge in [0, 0.05) is 11.1 Å². The van der Waals surface area contributed by atoms with Crippen molar-refractivity contribution in [1.29, 1.82) is 0 Å². The molecule has 0 bridgehead atoms. The molecule has 0 fully saturated rings. The number of benzene rings is 2. The van der Waals surface area contributed by atoms with Crippen LogP contribution in [-0.4, -0.2) is 24.5 Å². The summed E-state index contributed by atoms with van der Waals surface area (Å²) in [4.78, 5) is 24.1. The molecule has 0 saturated carbocycles. The average molecular weight is 373 g/mol. The summed E-state index contributed by atoms with van der Waals surface area (Å²) < 4.78 is 16.1. The Morgan fingerprint density at radius 2 is 2.08 bits per heavy atom. The van der Waals surface area contributed by atoms with E-state index in [0.29, 0.717) is 22.1 Å². The maximum Gasteiger partial charge on any atom is 0.347 e. The number of ether oxygens (including phenoxy) is 3. The van der Waals surface area contributed by atoms with Crippen LogP contribution in [0.5, 0.6) is 11.5 Å². The zero-order valence-corrected chi connectivity index (χ0v) is 15.1. The minimum atomic E-state index is -0.758. The van der Waals surface area contributed by atoms with Crippen molar-refractivity contribution >= 4 is 29.4 Å². The van der Waals surface area contributed by atoms with E-state index >= 15 is 0 Å². The molecular formula is C20H17ClO5. The van der Waals surface area contributed by atoms with Gasteiger partial charge in [0.05, 0.1) is 12.2 Å². The molecule has 3 rings (SSSR count). The van der Waals surface area contributed by atoms with Gasteiger partial charge >= 0.3 is 5.97 Å². The number of ketones is 1. The Labute approximate surface area is 156 Å². The van der Waals surface area contributed by atoms with E-state index in [0.717, 1.165) is 5.56 Å². The molecule has 0 aliphatic carbocycles. The standard InChI is InChI=1S/C20H17ClO5/c1-3-24-20(23)12(2)25-15-7-8-16-17(11-15)26-18(19(16)22)10-13-5-4-6-14(21)9-13/h4-12H,3H2,1-2H3/b18-10+/t12-/m1/s1. The number of allylic oxidation sites excluding steroid dienone is 1. The summed E-state index contributed by atoms with van der Waals surface area (Å²) in [6.45, 7) is 3.61. The Morgan fingerprint density at radius 1 is 1.27 bits per heavy atom. The SMILES string of the molecule is CCOC(=O)[C@@H](C)Oc1ccc2c(c1)O/C(=C/c1cccc(Cl)c1)C2=O. The summed E-state index contributed by atoms with van der Waals surface area (Å²) >= 11 is 5.96. The predicted molar refractivity (Wildman–Crippen MR) is 97.6 cm³/mol. The molecule has 0 saturated heterocycles. The highest BCUT2D eigenvalue weighted by Gasteiger charge is 2.28. The minimum absolute atomic E-state index is 0.206. The van der Waals surface area contributed by atoms with Gasteiger partial charge in [-0.25, -0.2) is 4.79 Å².